The molecule has 1 aromatic heterocycles. The number of nitrogens with one attached hydrogen (secondary N) is 2. The number of rotatable bonds is 3. The number of anilines is 2. The van der Waals surface area contributed by atoms with Gasteiger partial charge in [-0.05, 0) is 18.2 Å². The van der Waals surface area contributed by atoms with Crippen molar-refractivity contribution >= 4 is 41.2 Å². The molecule has 0 aliphatic carbocycles. The second kappa shape index (κ2) is 4.95. The van der Waals surface area contributed by atoms with Crippen LogP contribution in [0.2, 0.25) is 5.15 Å². The monoisotopic (exact) mass is 302 g/mol. The molecule has 0 saturated heterocycles. The predicted octanol–water partition coefficient (Wildman–Crippen LogP) is 1.57. The molecule has 0 spiro atoms. The fourth-order valence-electron chi connectivity index (χ4n) is 1.96. The summed E-state index contributed by atoms with van der Waals surface area (Å²) in [6, 6.07) is 4.61. The summed E-state index contributed by atoms with van der Waals surface area (Å²) in [6.07, 6.45) is 1.75. The molecule has 0 saturated carbocycles. The lowest BCUT2D eigenvalue weighted by Gasteiger charge is -2.08. The lowest BCUT2D eigenvalue weighted by atomic mass is 10.1. The molecule has 2 aromatic rings. The summed E-state index contributed by atoms with van der Waals surface area (Å²) in [5.41, 5.74) is 1.18. The molecule has 3 rings (SSSR count). The molecule has 0 bridgehead atoms. The van der Waals surface area contributed by atoms with E-state index >= 15 is 0 Å². The number of nitrogens with zero attached hydrogens (tertiary/aromatic N) is 2. The molecule has 2 N–H and O–H groups in total. The van der Waals surface area contributed by atoms with Gasteiger partial charge in [-0.1, -0.05) is 11.6 Å². The number of carbonyl (C=O) groups excluding carboxylic acids is 3. The zero-order valence-corrected chi connectivity index (χ0v) is 11.1. The molecule has 2 amide bonds. The van der Waals surface area contributed by atoms with Crippen LogP contribution in [0, 0.1) is 0 Å². The van der Waals surface area contributed by atoms with Crippen molar-refractivity contribution in [2.75, 3.05) is 5.32 Å². The average Bonchev–Trinajstić information content (AvgIpc) is 2.74. The minimum Gasteiger partial charge on any atom is -0.339 e. The molecule has 2 heterocycles. The second-order valence-electron chi connectivity index (χ2n) is 4.21. The van der Waals surface area contributed by atoms with Gasteiger partial charge in [-0.25, -0.2) is 9.97 Å². The summed E-state index contributed by atoms with van der Waals surface area (Å²) in [5.74, 6) is -0.676. The van der Waals surface area contributed by atoms with Crippen LogP contribution in [0.3, 0.4) is 0 Å². The summed E-state index contributed by atoms with van der Waals surface area (Å²) in [6.45, 7) is 0. The number of hydrogen-bond donors (Lipinski definition) is 2. The number of fused-ring (bicyclic) bond motifs is 1. The third-order valence-electron chi connectivity index (χ3n) is 2.95. The molecular formula is C13H7ClN4O3. The van der Waals surface area contributed by atoms with Crippen LogP contribution in [0.5, 0.6) is 0 Å². The van der Waals surface area contributed by atoms with Crippen LogP contribution in [0.15, 0.2) is 24.5 Å². The number of aromatic nitrogens is 2. The van der Waals surface area contributed by atoms with Crippen molar-refractivity contribution in [3.05, 3.63) is 46.4 Å². The van der Waals surface area contributed by atoms with Gasteiger partial charge in [0.1, 0.15) is 17.3 Å². The molecule has 0 fully saturated rings. The van der Waals surface area contributed by atoms with E-state index in [9.17, 15) is 14.4 Å². The van der Waals surface area contributed by atoms with Gasteiger partial charge in [-0.15, -0.1) is 0 Å². The quantitative estimate of drug-likeness (QED) is 0.507. The molecule has 1 aliphatic heterocycles. The van der Waals surface area contributed by atoms with Gasteiger partial charge in [0.25, 0.3) is 11.8 Å². The van der Waals surface area contributed by atoms with Crippen molar-refractivity contribution < 1.29 is 14.4 Å². The summed E-state index contributed by atoms with van der Waals surface area (Å²) < 4.78 is 0. The Morgan fingerprint density at radius 3 is 2.67 bits per heavy atom. The highest BCUT2D eigenvalue weighted by molar-refractivity contribution is 6.32. The Balaban J connectivity index is 1.99. The normalized spacial score (nSPS) is 12.8. The maximum Gasteiger partial charge on any atom is 0.259 e. The van der Waals surface area contributed by atoms with E-state index < -0.39 is 11.8 Å². The third-order valence-corrected chi connectivity index (χ3v) is 3.25. The zero-order valence-electron chi connectivity index (χ0n) is 10.4. The first-order chi connectivity index (χ1) is 10.1. The van der Waals surface area contributed by atoms with Gasteiger partial charge >= 0.3 is 0 Å². The molecular weight excluding hydrogens is 296 g/mol. The maximum atomic E-state index is 11.6. The Bertz CT molecular complexity index is 791. The molecule has 1 aliphatic rings. The predicted molar refractivity (Wildman–Crippen MR) is 74.0 cm³/mol. The van der Waals surface area contributed by atoms with E-state index in [4.69, 9.17) is 11.6 Å². The van der Waals surface area contributed by atoms with E-state index in [1.165, 1.54) is 18.5 Å². The smallest absolute Gasteiger partial charge is 0.259 e. The fraction of sp³-hybridized carbons (Fsp3) is 0. The lowest BCUT2D eigenvalue weighted by Crippen LogP contribution is -2.19. The topological polar surface area (TPSA) is 101 Å². The van der Waals surface area contributed by atoms with Crippen molar-refractivity contribution in [2.45, 2.75) is 0 Å². The van der Waals surface area contributed by atoms with Crippen LogP contribution in [-0.4, -0.2) is 28.1 Å². The first kappa shape index (κ1) is 13.2. The van der Waals surface area contributed by atoms with Crippen LogP contribution in [0.4, 0.5) is 11.5 Å². The largest absolute Gasteiger partial charge is 0.339 e. The SMILES string of the molecule is O=Cc1c(Cl)ncnc1Nc1ccc2c(c1)C(=O)NC2=O. The van der Waals surface area contributed by atoms with Crippen molar-refractivity contribution in [1.29, 1.82) is 0 Å². The van der Waals surface area contributed by atoms with Crippen molar-refractivity contribution in [1.82, 2.24) is 15.3 Å². The third kappa shape index (κ3) is 2.23. The minimum absolute atomic E-state index is 0.0246. The number of carbonyl (C=O) groups is 3. The standard InChI is InChI=1S/C13H7ClN4O3/c14-10-9(4-19)11(16-5-15-10)17-6-1-2-7-8(3-6)13(21)18-12(7)20/h1-5H,(H,15,16,17)(H,18,20,21). The Hall–Kier alpha value is -2.80. The van der Waals surface area contributed by atoms with E-state index in [0.717, 1.165) is 0 Å². The summed E-state index contributed by atoms with van der Waals surface area (Å²) in [5, 5.41) is 5.09. The van der Waals surface area contributed by atoms with Gasteiger partial charge in [0.15, 0.2) is 6.29 Å². The van der Waals surface area contributed by atoms with Crippen LogP contribution in [0.25, 0.3) is 0 Å². The fourth-order valence-corrected chi connectivity index (χ4v) is 2.14. The van der Waals surface area contributed by atoms with E-state index in [1.54, 1.807) is 6.07 Å². The van der Waals surface area contributed by atoms with Crippen LogP contribution < -0.4 is 10.6 Å². The highest BCUT2D eigenvalue weighted by Crippen LogP contribution is 2.25. The maximum absolute atomic E-state index is 11.6. The Morgan fingerprint density at radius 2 is 1.90 bits per heavy atom. The highest BCUT2D eigenvalue weighted by Gasteiger charge is 2.26. The molecule has 0 atom stereocenters. The Kier molecular flexibility index (Phi) is 3.11. The molecule has 21 heavy (non-hydrogen) atoms. The van der Waals surface area contributed by atoms with Gasteiger partial charge in [0, 0.05) is 5.69 Å². The first-order valence-electron chi connectivity index (χ1n) is 5.82. The lowest BCUT2D eigenvalue weighted by molar-refractivity contribution is 0.0879. The van der Waals surface area contributed by atoms with Crippen molar-refractivity contribution in [3.63, 3.8) is 0 Å². The number of halogens is 1. The van der Waals surface area contributed by atoms with E-state index in [0.29, 0.717) is 17.5 Å². The number of amides is 2. The van der Waals surface area contributed by atoms with E-state index in [2.05, 4.69) is 20.6 Å². The molecule has 0 radical (unpaired) electrons. The average molecular weight is 303 g/mol. The van der Waals surface area contributed by atoms with E-state index in [1.807, 2.05) is 0 Å². The number of imide groups is 1. The Morgan fingerprint density at radius 1 is 1.14 bits per heavy atom. The van der Waals surface area contributed by atoms with Gasteiger partial charge in [-0.3, -0.25) is 19.7 Å². The molecule has 0 unspecified atom stereocenters. The summed E-state index contributed by atoms with van der Waals surface area (Å²) in [4.78, 5) is 41.7. The minimum atomic E-state index is -0.463. The van der Waals surface area contributed by atoms with Crippen LogP contribution >= 0.6 is 11.6 Å². The highest BCUT2D eigenvalue weighted by atomic mass is 35.5. The Labute approximate surface area is 123 Å². The molecule has 8 heteroatoms. The zero-order chi connectivity index (χ0) is 15.0. The van der Waals surface area contributed by atoms with Crippen molar-refractivity contribution in [3.8, 4) is 0 Å². The van der Waals surface area contributed by atoms with Gasteiger partial charge in [0.05, 0.1) is 16.7 Å². The molecule has 7 nitrogen and oxygen atoms in total. The summed E-state index contributed by atoms with van der Waals surface area (Å²) >= 11 is 5.80. The van der Waals surface area contributed by atoms with Gasteiger partial charge in [-0.2, -0.15) is 0 Å². The number of benzene rings is 1. The van der Waals surface area contributed by atoms with Gasteiger partial charge < -0.3 is 5.32 Å². The summed E-state index contributed by atoms with van der Waals surface area (Å²) in [7, 11) is 0. The van der Waals surface area contributed by atoms with Gasteiger partial charge in [0.2, 0.25) is 0 Å². The van der Waals surface area contributed by atoms with Crippen molar-refractivity contribution in [2.24, 2.45) is 0 Å². The number of aldehydes is 1. The molecule has 1 aromatic carbocycles. The van der Waals surface area contributed by atoms with Crippen LogP contribution in [0.1, 0.15) is 31.1 Å². The first-order valence-corrected chi connectivity index (χ1v) is 6.20. The van der Waals surface area contributed by atoms with Crippen LogP contribution in [-0.2, 0) is 0 Å². The van der Waals surface area contributed by atoms with E-state index in [-0.39, 0.29) is 22.1 Å². The number of hydrogen-bond acceptors (Lipinski definition) is 6. The second-order valence-corrected chi connectivity index (χ2v) is 4.57. The molecule has 104 valence electrons.